The summed E-state index contributed by atoms with van der Waals surface area (Å²) in [4.78, 5) is 15.0. The molecule has 0 unspecified atom stereocenters. The second-order valence-corrected chi connectivity index (χ2v) is 7.31. The number of aromatic nitrogens is 5. The van der Waals surface area contributed by atoms with E-state index >= 15 is 0 Å². The van der Waals surface area contributed by atoms with Gasteiger partial charge in [-0.15, -0.1) is 0 Å². The van der Waals surface area contributed by atoms with E-state index in [1.807, 2.05) is 19.1 Å². The van der Waals surface area contributed by atoms with Crippen LogP contribution in [0.15, 0.2) is 36.9 Å². The van der Waals surface area contributed by atoms with Gasteiger partial charge in [0.05, 0.1) is 25.9 Å². The third kappa shape index (κ3) is 2.90. The molecule has 0 amide bonds. The number of aryl methyl sites for hydroxylation is 1. The molecule has 0 aromatic carbocycles. The molecular weight excluding hydrogens is 344 g/mol. The van der Waals surface area contributed by atoms with Crippen molar-refractivity contribution >= 4 is 11.6 Å². The minimum atomic E-state index is -0.0810. The average molecular weight is 366 g/mol. The fraction of sp³-hybridized carbons (Fsp3) is 0.474. The number of rotatable bonds is 5. The van der Waals surface area contributed by atoms with Crippen molar-refractivity contribution < 1.29 is 9.47 Å². The molecule has 1 atom stereocenters. The molecule has 3 aromatic rings. The zero-order valence-corrected chi connectivity index (χ0v) is 15.3. The van der Waals surface area contributed by atoms with Crippen LogP contribution in [0.5, 0.6) is 5.75 Å². The molecule has 8 heteroatoms. The van der Waals surface area contributed by atoms with Gasteiger partial charge in [0.15, 0.2) is 0 Å². The number of pyridine rings is 1. The van der Waals surface area contributed by atoms with Gasteiger partial charge < -0.3 is 14.4 Å². The highest BCUT2D eigenvalue weighted by Crippen LogP contribution is 2.43. The Kier molecular flexibility index (Phi) is 3.93. The van der Waals surface area contributed by atoms with Crippen LogP contribution in [0.2, 0.25) is 0 Å². The Bertz CT molecular complexity index is 938. The maximum Gasteiger partial charge on any atom is 0.254 e. The summed E-state index contributed by atoms with van der Waals surface area (Å²) in [7, 11) is 0. The van der Waals surface area contributed by atoms with Gasteiger partial charge in [-0.1, -0.05) is 0 Å². The molecule has 8 nitrogen and oxygen atoms in total. The molecule has 0 N–H and O–H groups in total. The van der Waals surface area contributed by atoms with E-state index in [4.69, 9.17) is 9.47 Å². The van der Waals surface area contributed by atoms with Crippen LogP contribution in [-0.4, -0.2) is 56.5 Å². The molecule has 2 aliphatic heterocycles. The third-order valence-corrected chi connectivity index (χ3v) is 5.57. The Morgan fingerprint density at radius 1 is 1.37 bits per heavy atom. The standard InChI is InChI=1S/C19H22N6O2/c1-14-9-17(25-18(23-14)21-13-22-25)24-11-19(12-24)15(5-8-27-19)4-7-26-16-3-2-6-20-10-16/h2-3,6,9-10,13,15H,4-5,7-8,11-12H2,1H3/t15-/m0/s1. The van der Waals surface area contributed by atoms with Gasteiger partial charge in [0.2, 0.25) is 0 Å². The number of anilines is 1. The summed E-state index contributed by atoms with van der Waals surface area (Å²) >= 11 is 0. The molecule has 2 saturated heterocycles. The predicted molar refractivity (Wildman–Crippen MR) is 98.9 cm³/mol. The molecule has 2 fully saturated rings. The molecule has 3 aromatic heterocycles. The Balaban J connectivity index is 1.25. The van der Waals surface area contributed by atoms with E-state index in [0.29, 0.717) is 18.3 Å². The first-order valence-corrected chi connectivity index (χ1v) is 9.33. The van der Waals surface area contributed by atoms with Crippen molar-refractivity contribution in [3.63, 3.8) is 0 Å². The van der Waals surface area contributed by atoms with Crippen LogP contribution in [-0.2, 0) is 4.74 Å². The van der Waals surface area contributed by atoms with Crippen molar-refractivity contribution in [1.82, 2.24) is 24.6 Å². The van der Waals surface area contributed by atoms with Gasteiger partial charge >= 0.3 is 0 Å². The van der Waals surface area contributed by atoms with Gasteiger partial charge in [-0.05, 0) is 37.8 Å². The van der Waals surface area contributed by atoms with Gasteiger partial charge in [-0.3, -0.25) is 4.98 Å². The molecule has 140 valence electrons. The summed E-state index contributed by atoms with van der Waals surface area (Å²) < 4.78 is 13.8. The molecule has 2 aliphatic rings. The summed E-state index contributed by atoms with van der Waals surface area (Å²) in [5, 5.41) is 4.31. The van der Waals surface area contributed by atoms with Crippen molar-refractivity contribution in [3.05, 3.63) is 42.6 Å². The lowest BCUT2D eigenvalue weighted by Crippen LogP contribution is -2.65. The fourth-order valence-corrected chi connectivity index (χ4v) is 4.19. The fourth-order valence-electron chi connectivity index (χ4n) is 4.19. The Morgan fingerprint density at radius 3 is 3.15 bits per heavy atom. The summed E-state index contributed by atoms with van der Waals surface area (Å²) in [6, 6.07) is 5.89. The highest BCUT2D eigenvalue weighted by atomic mass is 16.5. The first-order valence-electron chi connectivity index (χ1n) is 9.33. The summed E-state index contributed by atoms with van der Waals surface area (Å²) in [5.41, 5.74) is 0.864. The number of ether oxygens (including phenoxy) is 2. The van der Waals surface area contributed by atoms with E-state index in [1.54, 1.807) is 23.2 Å². The molecule has 27 heavy (non-hydrogen) atoms. The van der Waals surface area contributed by atoms with Crippen molar-refractivity contribution in [2.45, 2.75) is 25.4 Å². The van der Waals surface area contributed by atoms with E-state index in [-0.39, 0.29) is 5.60 Å². The SMILES string of the molecule is Cc1cc(N2CC3(C2)OCC[C@@H]3CCOc2cccnc2)n2ncnc2n1. The molecule has 5 heterocycles. The molecular formula is C19H22N6O2. The van der Waals surface area contributed by atoms with E-state index < -0.39 is 0 Å². The minimum absolute atomic E-state index is 0.0810. The largest absolute Gasteiger partial charge is 0.492 e. The second-order valence-electron chi connectivity index (χ2n) is 7.31. The van der Waals surface area contributed by atoms with Crippen LogP contribution in [0.3, 0.4) is 0 Å². The van der Waals surface area contributed by atoms with Crippen LogP contribution in [0.1, 0.15) is 18.5 Å². The number of hydrogen-bond donors (Lipinski definition) is 0. The minimum Gasteiger partial charge on any atom is -0.492 e. The molecule has 0 aliphatic carbocycles. The summed E-state index contributed by atoms with van der Waals surface area (Å²) in [5.74, 6) is 2.99. The first-order chi connectivity index (χ1) is 13.2. The lowest BCUT2D eigenvalue weighted by atomic mass is 9.79. The van der Waals surface area contributed by atoms with Crippen molar-refractivity contribution in [2.24, 2.45) is 5.92 Å². The molecule has 5 rings (SSSR count). The third-order valence-electron chi connectivity index (χ3n) is 5.57. The number of nitrogens with zero attached hydrogens (tertiary/aromatic N) is 6. The highest BCUT2D eigenvalue weighted by Gasteiger charge is 2.53. The lowest BCUT2D eigenvalue weighted by Gasteiger charge is -2.51. The Labute approximate surface area is 157 Å². The Hall–Kier alpha value is -2.74. The molecule has 0 radical (unpaired) electrons. The normalized spacial score (nSPS) is 20.9. The van der Waals surface area contributed by atoms with Crippen molar-refractivity contribution in [2.75, 3.05) is 31.2 Å². The summed E-state index contributed by atoms with van der Waals surface area (Å²) in [6.07, 6.45) is 7.12. The van der Waals surface area contributed by atoms with Gasteiger partial charge in [-0.25, -0.2) is 4.98 Å². The zero-order valence-electron chi connectivity index (χ0n) is 15.3. The van der Waals surface area contributed by atoms with Crippen molar-refractivity contribution in [1.29, 1.82) is 0 Å². The lowest BCUT2D eigenvalue weighted by molar-refractivity contribution is -0.0479. The Morgan fingerprint density at radius 2 is 2.30 bits per heavy atom. The molecule has 1 spiro atoms. The highest BCUT2D eigenvalue weighted by molar-refractivity contribution is 5.51. The van der Waals surface area contributed by atoms with Crippen LogP contribution in [0.25, 0.3) is 5.78 Å². The monoisotopic (exact) mass is 366 g/mol. The quantitative estimate of drug-likeness (QED) is 0.682. The summed E-state index contributed by atoms with van der Waals surface area (Å²) in [6.45, 7) is 5.22. The van der Waals surface area contributed by atoms with Gasteiger partial charge in [-0.2, -0.15) is 14.6 Å². The van der Waals surface area contributed by atoms with Crippen molar-refractivity contribution in [3.8, 4) is 5.75 Å². The predicted octanol–water partition coefficient (Wildman–Crippen LogP) is 1.89. The first kappa shape index (κ1) is 16.4. The second kappa shape index (κ2) is 6.45. The van der Waals surface area contributed by atoms with Gasteiger partial charge in [0.25, 0.3) is 5.78 Å². The topological polar surface area (TPSA) is 77.7 Å². The van der Waals surface area contributed by atoms with Crippen LogP contribution in [0, 0.1) is 12.8 Å². The maximum absolute atomic E-state index is 6.20. The van der Waals surface area contributed by atoms with Crippen LogP contribution >= 0.6 is 0 Å². The van der Waals surface area contributed by atoms with E-state index in [1.165, 1.54) is 0 Å². The smallest absolute Gasteiger partial charge is 0.254 e. The molecule has 0 saturated carbocycles. The average Bonchev–Trinajstić information content (AvgIpc) is 3.27. The number of fused-ring (bicyclic) bond motifs is 1. The van der Waals surface area contributed by atoms with Crippen LogP contribution < -0.4 is 9.64 Å². The zero-order chi connectivity index (χ0) is 18.3. The van der Waals surface area contributed by atoms with Gasteiger partial charge in [0, 0.05) is 24.6 Å². The van der Waals surface area contributed by atoms with Gasteiger partial charge in [0.1, 0.15) is 23.5 Å². The van der Waals surface area contributed by atoms with E-state index in [0.717, 1.165) is 49.8 Å². The number of hydrogen-bond acceptors (Lipinski definition) is 7. The van der Waals surface area contributed by atoms with Crippen LogP contribution in [0.4, 0.5) is 5.82 Å². The maximum atomic E-state index is 6.20. The van der Waals surface area contributed by atoms with E-state index in [9.17, 15) is 0 Å². The van der Waals surface area contributed by atoms with E-state index in [2.05, 4.69) is 31.0 Å². The molecule has 0 bridgehead atoms.